The van der Waals surface area contributed by atoms with Gasteiger partial charge in [0.2, 0.25) is 5.95 Å². The van der Waals surface area contributed by atoms with Crippen LogP contribution in [0.5, 0.6) is 5.75 Å². The number of carbonyl (C=O) groups excluding carboxylic acids is 1. The average molecular weight is 484 g/mol. The van der Waals surface area contributed by atoms with Gasteiger partial charge in [-0.15, -0.1) is 13.2 Å². The van der Waals surface area contributed by atoms with Gasteiger partial charge in [-0.25, -0.2) is 14.2 Å². The van der Waals surface area contributed by atoms with E-state index in [-0.39, 0.29) is 12.2 Å². The highest BCUT2D eigenvalue weighted by Crippen LogP contribution is 2.33. The summed E-state index contributed by atoms with van der Waals surface area (Å²) >= 11 is 0. The minimum Gasteiger partial charge on any atom is -0.406 e. The highest BCUT2D eigenvalue weighted by Gasteiger charge is 2.38. The molecule has 2 aromatic rings. The Balaban J connectivity index is 2.13. The molecule has 15 heteroatoms. The van der Waals surface area contributed by atoms with Crippen molar-refractivity contribution in [1.29, 1.82) is 0 Å². The van der Waals surface area contributed by atoms with Crippen LogP contribution in [-0.4, -0.2) is 54.4 Å². The monoisotopic (exact) mass is 484 g/mol. The number of ether oxygens (including phenoxy) is 1. The van der Waals surface area contributed by atoms with E-state index >= 15 is 0 Å². The van der Waals surface area contributed by atoms with E-state index in [2.05, 4.69) is 25.3 Å². The average Bonchev–Trinajstić information content (AvgIpc) is 2.66. The first-order valence-corrected chi connectivity index (χ1v) is 9.22. The van der Waals surface area contributed by atoms with E-state index in [1.807, 2.05) is 10.2 Å². The van der Waals surface area contributed by atoms with Crippen LogP contribution in [0.1, 0.15) is 12.1 Å². The van der Waals surface area contributed by atoms with Crippen molar-refractivity contribution in [3.8, 4) is 5.75 Å². The van der Waals surface area contributed by atoms with Crippen molar-refractivity contribution in [2.75, 3.05) is 43.1 Å². The van der Waals surface area contributed by atoms with Gasteiger partial charge < -0.3 is 20.3 Å². The Bertz CT molecular complexity index is 949. The van der Waals surface area contributed by atoms with Crippen LogP contribution < -0.4 is 20.7 Å². The lowest BCUT2D eigenvalue weighted by Gasteiger charge is -2.15. The van der Waals surface area contributed by atoms with Crippen molar-refractivity contribution in [3.05, 3.63) is 35.8 Å². The number of carbonyl (C=O) groups is 1. The molecule has 2 amide bonds. The van der Waals surface area contributed by atoms with E-state index in [0.717, 1.165) is 24.3 Å². The summed E-state index contributed by atoms with van der Waals surface area (Å²) < 4.78 is 93.9. The van der Waals surface area contributed by atoms with E-state index in [0.29, 0.717) is 13.0 Å². The normalized spacial score (nSPS) is 11.9. The van der Waals surface area contributed by atoms with Crippen molar-refractivity contribution in [2.45, 2.75) is 19.0 Å². The fourth-order valence-corrected chi connectivity index (χ4v) is 2.41. The van der Waals surface area contributed by atoms with Gasteiger partial charge in [0.05, 0.1) is 0 Å². The zero-order valence-corrected chi connectivity index (χ0v) is 17.2. The van der Waals surface area contributed by atoms with Gasteiger partial charge in [-0.3, -0.25) is 5.32 Å². The van der Waals surface area contributed by atoms with Crippen LogP contribution in [0, 0.1) is 5.82 Å². The zero-order chi connectivity index (χ0) is 24.8. The summed E-state index contributed by atoms with van der Waals surface area (Å²) in [4.78, 5) is 20.5. The number of urea groups is 1. The van der Waals surface area contributed by atoms with E-state index in [4.69, 9.17) is 0 Å². The maximum absolute atomic E-state index is 14.2. The summed E-state index contributed by atoms with van der Waals surface area (Å²) in [5.41, 5.74) is -1.89. The SMILES string of the molecule is CN(C)CCCNc1nc(NC(=O)Nc2ccc(OC(F)(F)F)cc2)nc(C(F)(F)F)c1F. The van der Waals surface area contributed by atoms with E-state index in [9.17, 15) is 35.5 Å². The molecule has 8 nitrogen and oxygen atoms in total. The number of hydrogen-bond acceptors (Lipinski definition) is 6. The number of nitrogens with one attached hydrogen (secondary N) is 3. The number of alkyl halides is 6. The Morgan fingerprint density at radius 2 is 1.67 bits per heavy atom. The molecule has 182 valence electrons. The number of anilines is 3. The lowest BCUT2D eigenvalue weighted by Crippen LogP contribution is -2.24. The van der Waals surface area contributed by atoms with E-state index < -0.39 is 47.6 Å². The van der Waals surface area contributed by atoms with Gasteiger partial charge in [0, 0.05) is 12.2 Å². The molecular formula is C18H19F7N6O2. The third kappa shape index (κ3) is 8.59. The standard InChI is InChI=1S/C18H19F7N6O2/c1-31(2)9-3-8-26-14-12(19)13(17(20,21)22)28-15(29-14)30-16(32)27-10-4-6-11(7-5-10)33-18(23,24)25/h4-7H,3,8-9H2,1-2H3,(H3,26,27,28,29,30,32). The van der Waals surface area contributed by atoms with Crippen LogP contribution in [0.25, 0.3) is 0 Å². The number of hydrogen-bond donors (Lipinski definition) is 3. The third-order valence-electron chi connectivity index (χ3n) is 3.77. The number of nitrogens with zero attached hydrogens (tertiary/aromatic N) is 3. The highest BCUT2D eigenvalue weighted by atomic mass is 19.4. The Hall–Kier alpha value is -3.36. The fourth-order valence-electron chi connectivity index (χ4n) is 2.41. The molecule has 0 aliphatic carbocycles. The summed E-state index contributed by atoms with van der Waals surface area (Å²) in [7, 11) is 3.56. The first-order valence-electron chi connectivity index (χ1n) is 9.22. The molecule has 33 heavy (non-hydrogen) atoms. The van der Waals surface area contributed by atoms with Gasteiger partial charge in [-0.05, 0) is 51.3 Å². The molecule has 0 unspecified atom stereocenters. The maximum Gasteiger partial charge on any atom is 0.573 e. The molecule has 0 spiro atoms. The minimum absolute atomic E-state index is 0.0118. The number of aromatic nitrogens is 2. The lowest BCUT2D eigenvalue weighted by molar-refractivity contribution is -0.274. The smallest absolute Gasteiger partial charge is 0.406 e. The summed E-state index contributed by atoms with van der Waals surface area (Å²) in [6, 6.07) is 2.83. The molecule has 2 rings (SSSR count). The Morgan fingerprint density at radius 3 is 2.21 bits per heavy atom. The summed E-state index contributed by atoms with van der Waals surface area (Å²) in [6.45, 7) is 0.674. The largest absolute Gasteiger partial charge is 0.573 e. The van der Waals surface area contributed by atoms with Crippen LogP contribution in [0.3, 0.4) is 0 Å². The molecule has 0 atom stereocenters. The molecule has 0 saturated carbocycles. The number of rotatable bonds is 8. The summed E-state index contributed by atoms with van der Waals surface area (Å²) in [6.07, 6.45) is -9.59. The molecule has 0 bridgehead atoms. The second-order valence-corrected chi connectivity index (χ2v) is 6.79. The van der Waals surface area contributed by atoms with Gasteiger partial charge in [-0.2, -0.15) is 18.2 Å². The second-order valence-electron chi connectivity index (χ2n) is 6.79. The van der Waals surface area contributed by atoms with Crippen molar-refractivity contribution in [2.24, 2.45) is 0 Å². The predicted octanol–water partition coefficient (Wildman–Crippen LogP) is 4.54. The predicted molar refractivity (Wildman–Crippen MR) is 104 cm³/mol. The van der Waals surface area contributed by atoms with Gasteiger partial charge in [0.25, 0.3) is 0 Å². The van der Waals surface area contributed by atoms with Crippen LogP contribution in [-0.2, 0) is 6.18 Å². The zero-order valence-electron chi connectivity index (χ0n) is 17.2. The molecule has 3 N–H and O–H groups in total. The molecule has 1 aromatic heterocycles. The van der Waals surface area contributed by atoms with Crippen molar-refractivity contribution < 1.29 is 40.3 Å². The molecule has 0 fully saturated rings. The third-order valence-corrected chi connectivity index (χ3v) is 3.77. The van der Waals surface area contributed by atoms with Crippen molar-refractivity contribution in [1.82, 2.24) is 14.9 Å². The Morgan fingerprint density at radius 1 is 1.03 bits per heavy atom. The van der Waals surface area contributed by atoms with Crippen LogP contribution in [0.4, 0.5) is 53.0 Å². The van der Waals surface area contributed by atoms with E-state index in [1.165, 1.54) is 0 Å². The van der Waals surface area contributed by atoms with E-state index in [1.54, 1.807) is 14.1 Å². The van der Waals surface area contributed by atoms with Gasteiger partial charge >= 0.3 is 18.6 Å². The topological polar surface area (TPSA) is 91.4 Å². The highest BCUT2D eigenvalue weighted by molar-refractivity contribution is 5.98. The van der Waals surface area contributed by atoms with Crippen molar-refractivity contribution in [3.63, 3.8) is 0 Å². The number of halogens is 7. The molecule has 0 aliphatic heterocycles. The Labute approximate surface area is 183 Å². The Kier molecular flexibility index (Phi) is 8.24. The first-order chi connectivity index (χ1) is 15.2. The number of amides is 2. The van der Waals surface area contributed by atoms with Crippen molar-refractivity contribution >= 4 is 23.5 Å². The van der Waals surface area contributed by atoms with Gasteiger partial charge in [0.15, 0.2) is 17.3 Å². The molecule has 0 saturated heterocycles. The fraction of sp³-hybridized carbons (Fsp3) is 0.389. The van der Waals surface area contributed by atoms with Crippen LogP contribution in [0.15, 0.2) is 24.3 Å². The molecular weight excluding hydrogens is 465 g/mol. The first kappa shape index (κ1) is 25.9. The summed E-state index contributed by atoms with van der Waals surface area (Å²) in [5, 5.41) is 6.54. The molecule has 0 radical (unpaired) electrons. The maximum atomic E-state index is 14.2. The van der Waals surface area contributed by atoms with Crippen LogP contribution >= 0.6 is 0 Å². The number of benzene rings is 1. The molecule has 0 aliphatic rings. The van der Waals surface area contributed by atoms with Gasteiger partial charge in [0.1, 0.15) is 5.75 Å². The second kappa shape index (κ2) is 10.5. The quantitative estimate of drug-likeness (QED) is 0.377. The minimum atomic E-state index is -5.16. The van der Waals surface area contributed by atoms with Crippen LogP contribution in [0.2, 0.25) is 0 Å². The van der Waals surface area contributed by atoms with Gasteiger partial charge in [-0.1, -0.05) is 0 Å². The molecule has 1 aromatic carbocycles. The molecule has 1 heterocycles. The lowest BCUT2D eigenvalue weighted by atomic mass is 10.3. The summed E-state index contributed by atoms with van der Waals surface area (Å²) in [5.74, 6) is -3.86.